The number of nitrogens with one attached hydrogen (secondary N) is 4. The summed E-state index contributed by atoms with van der Waals surface area (Å²) in [7, 11) is 1.41. The summed E-state index contributed by atoms with van der Waals surface area (Å²) in [4.78, 5) is 34.8. The number of urea groups is 1. The van der Waals surface area contributed by atoms with Gasteiger partial charge in [-0.25, -0.2) is 13.6 Å². The van der Waals surface area contributed by atoms with E-state index >= 15 is 0 Å². The molecular formula is C18H18F2N4O4. The van der Waals surface area contributed by atoms with Crippen molar-refractivity contribution in [2.24, 2.45) is 0 Å². The number of halogens is 2. The molecule has 0 aliphatic carbocycles. The van der Waals surface area contributed by atoms with E-state index in [9.17, 15) is 23.2 Å². The molecule has 4 amide bonds. The van der Waals surface area contributed by atoms with Crippen LogP contribution in [0.15, 0.2) is 36.4 Å². The quantitative estimate of drug-likeness (QED) is 0.606. The molecule has 0 aromatic heterocycles. The van der Waals surface area contributed by atoms with Gasteiger partial charge in [0.05, 0.1) is 19.3 Å². The average Bonchev–Trinajstić information content (AvgIpc) is 2.64. The predicted molar refractivity (Wildman–Crippen MR) is 99.3 cm³/mol. The number of anilines is 3. The van der Waals surface area contributed by atoms with Crippen LogP contribution in [0.5, 0.6) is 5.75 Å². The van der Waals surface area contributed by atoms with Crippen LogP contribution in [-0.2, 0) is 9.59 Å². The van der Waals surface area contributed by atoms with Crippen molar-refractivity contribution in [3.8, 4) is 5.75 Å². The lowest BCUT2D eigenvalue weighted by Crippen LogP contribution is -2.35. The Bertz CT molecular complexity index is 905. The molecular weight excluding hydrogens is 374 g/mol. The second-order valence-electron chi connectivity index (χ2n) is 5.58. The monoisotopic (exact) mass is 392 g/mol. The van der Waals surface area contributed by atoms with Crippen LogP contribution in [0.25, 0.3) is 0 Å². The minimum atomic E-state index is -1.10. The highest BCUT2D eigenvalue weighted by atomic mass is 19.2. The van der Waals surface area contributed by atoms with Gasteiger partial charge in [-0.2, -0.15) is 0 Å². The first-order valence-electron chi connectivity index (χ1n) is 8.04. The molecule has 8 nitrogen and oxygen atoms in total. The highest BCUT2D eigenvalue weighted by molar-refractivity contribution is 5.97. The van der Waals surface area contributed by atoms with Gasteiger partial charge in [-0.15, -0.1) is 0 Å². The molecule has 0 aliphatic heterocycles. The average molecular weight is 392 g/mol. The summed E-state index contributed by atoms with van der Waals surface area (Å²) in [5.41, 5.74) is 0.862. The van der Waals surface area contributed by atoms with Crippen molar-refractivity contribution in [3.63, 3.8) is 0 Å². The van der Waals surface area contributed by atoms with E-state index in [1.54, 1.807) is 6.07 Å². The van der Waals surface area contributed by atoms with E-state index in [1.165, 1.54) is 32.2 Å². The van der Waals surface area contributed by atoms with Crippen LogP contribution in [-0.4, -0.2) is 31.5 Å². The Morgan fingerprint density at radius 1 is 0.929 bits per heavy atom. The van der Waals surface area contributed by atoms with Crippen molar-refractivity contribution in [2.45, 2.75) is 6.92 Å². The molecule has 0 bridgehead atoms. The number of hydrogen-bond acceptors (Lipinski definition) is 4. The van der Waals surface area contributed by atoms with Crippen LogP contribution in [0.4, 0.5) is 30.6 Å². The standard InChI is InChI=1S/C18H18F2N4O4/c1-10(25)22-15-6-4-12(8-16(15)28-2)24-18(27)21-9-17(26)23-11-3-5-13(19)14(20)7-11/h3-8H,9H2,1-2H3,(H,22,25)(H,23,26)(H2,21,24,27). The first-order chi connectivity index (χ1) is 13.3. The van der Waals surface area contributed by atoms with Gasteiger partial charge >= 0.3 is 6.03 Å². The van der Waals surface area contributed by atoms with Crippen LogP contribution < -0.4 is 26.0 Å². The highest BCUT2D eigenvalue weighted by Crippen LogP contribution is 2.27. The Kier molecular flexibility index (Phi) is 6.85. The molecule has 0 fully saturated rings. The van der Waals surface area contributed by atoms with Gasteiger partial charge in [0.25, 0.3) is 0 Å². The molecule has 0 aliphatic rings. The topological polar surface area (TPSA) is 109 Å². The predicted octanol–water partition coefficient (Wildman–Crippen LogP) is 2.69. The summed E-state index contributed by atoms with van der Waals surface area (Å²) in [5.74, 6) is -2.69. The third-order valence-corrected chi connectivity index (χ3v) is 3.38. The summed E-state index contributed by atoms with van der Waals surface area (Å²) in [6.07, 6.45) is 0. The molecule has 4 N–H and O–H groups in total. The van der Waals surface area contributed by atoms with Crippen LogP contribution in [0.3, 0.4) is 0 Å². The molecule has 0 spiro atoms. The minimum absolute atomic E-state index is 0.0596. The zero-order valence-electron chi connectivity index (χ0n) is 15.1. The summed E-state index contributed by atoms with van der Waals surface area (Å²) < 4.78 is 31.1. The third kappa shape index (κ3) is 5.94. The number of methoxy groups -OCH3 is 1. The first-order valence-corrected chi connectivity index (χ1v) is 8.04. The SMILES string of the molecule is COc1cc(NC(=O)NCC(=O)Nc2ccc(F)c(F)c2)ccc1NC(C)=O. The molecule has 148 valence electrons. The summed E-state index contributed by atoms with van der Waals surface area (Å²) in [6.45, 7) is 0.955. The number of carbonyl (C=O) groups excluding carboxylic acids is 3. The van der Waals surface area contributed by atoms with Gasteiger partial charge < -0.3 is 26.0 Å². The van der Waals surface area contributed by atoms with E-state index in [1.807, 2.05) is 0 Å². The maximum absolute atomic E-state index is 13.1. The molecule has 0 radical (unpaired) electrons. The Labute approximate surface area is 159 Å². The summed E-state index contributed by atoms with van der Waals surface area (Å²) >= 11 is 0. The highest BCUT2D eigenvalue weighted by Gasteiger charge is 2.10. The molecule has 2 aromatic carbocycles. The molecule has 10 heteroatoms. The van der Waals surface area contributed by atoms with Gasteiger partial charge in [0, 0.05) is 30.4 Å². The molecule has 0 unspecified atom stereocenters. The summed E-state index contributed by atoms with van der Waals surface area (Å²) in [6, 6.07) is 6.81. The fourth-order valence-electron chi connectivity index (χ4n) is 2.18. The molecule has 0 heterocycles. The number of amides is 4. The summed E-state index contributed by atoms with van der Waals surface area (Å²) in [5, 5.41) is 9.73. The molecule has 0 saturated heterocycles. The minimum Gasteiger partial charge on any atom is -0.494 e. The second-order valence-corrected chi connectivity index (χ2v) is 5.58. The number of hydrogen-bond donors (Lipinski definition) is 4. The zero-order valence-corrected chi connectivity index (χ0v) is 15.1. The van der Waals surface area contributed by atoms with E-state index < -0.39 is 30.1 Å². The maximum Gasteiger partial charge on any atom is 0.319 e. The van der Waals surface area contributed by atoms with E-state index in [0.717, 1.165) is 12.1 Å². The van der Waals surface area contributed by atoms with Crippen molar-refractivity contribution in [3.05, 3.63) is 48.0 Å². The molecule has 0 atom stereocenters. The van der Waals surface area contributed by atoms with Crippen LogP contribution in [0, 0.1) is 11.6 Å². The van der Waals surface area contributed by atoms with Crippen molar-refractivity contribution < 1.29 is 27.9 Å². The smallest absolute Gasteiger partial charge is 0.319 e. The van der Waals surface area contributed by atoms with Crippen molar-refractivity contribution in [2.75, 3.05) is 29.6 Å². The number of benzene rings is 2. The van der Waals surface area contributed by atoms with Gasteiger partial charge in [0.1, 0.15) is 5.75 Å². The lowest BCUT2D eigenvalue weighted by Gasteiger charge is -2.12. The fraction of sp³-hybridized carbons (Fsp3) is 0.167. The van der Waals surface area contributed by atoms with E-state index in [0.29, 0.717) is 17.1 Å². The normalized spacial score (nSPS) is 10.0. The van der Waals surface area contributed by atoms with Gasteiger partial charge in [-0.1, -0.05) is 0 Å². The Morgan fingerprint density at radius 3 is 2.25 bits per heavy atom. The maximum atomic E-state index is 13.1. The number of rotatable bonds is 6. The third-order valence-electron chi connectivity index (χ3n) is 3.38. The lowest BCUT2D eigenvalue weighted by atomic mass is 10.2. The van der Waals surface area contributed by atoms with Gasteiger partial charge in [0.15, 0.2) is 11.6 Å². The zero-order chi connectivity index (χ0) is 20.7. The molecule has 2 rings (SSSR count). The Morgan fingerprint density at radius 2 is 1.61 bits per heavy atom. The largest absolute Gasteiger partial charge is 0.494 e. The van der Waals surface area contributed by atoms with Crippen LogP contribution in [0.2, 0.25) is 0 Å². The van der Waals surface area contributed by atoms with Crippen LogP contribution >= 0.6 is 0 Å². The van der Waals surface area contributed by atoms with Crippen molar-refractivity contribution >= 4 is 34.9 Å². The number of carbonyl (C=O) groups is 3. The first kappa shape index (κ1) is 20.6. The number of ether oxygens (including phenoxy) is 1. The van der Waals surface area contributed by atoms with E-state index in [4.69, 9.17) is 4.74 Å². The molecule has 0 saturated carbocycles. The van der Waals surface area contributed by atoms with E-state index in [-0.39, 0.29) is 11.6 Å². The lowest BCUT2D eigenvalue weighted by molar-refractivity contribution is -0.115. The van der Waals surface area contributed by atoms with Crippen LogP contribution in [0.1, 0.15) is 6.92 Å². The molecule has 28 heavy (non-hydrogen) atoms. The van der Waals surface area contributed by atoms with Gasteiger partial charge in [-0.3, -0.25) is 9.59 Å². The Hall–Kier alpha value is -3.69. The van der Waals surface area contributed by atoms with E-state index in [2.05, 4.69) is 21.3 Å². The van der Waals surface area contributed by atoms with Crippen molar-refractivity contribution in [1.82, 2.24) is 5.32 Å². The molecule has 2 aromatic rings. The Balaban J connectivity index is 1.88. The van der Waals surface area contributed by atoms with Gasteiger partial charge in [-0.05, 0) is 24.3 Å². The fourth-order valence-corrected chi connectivity index (χ4v) is 2.18. The van der Waals surface area contributed by atoms with Gasteiger partial charge in [0.2, 0.25) is 11.8 Å². The van der Waals surface area contributed by atoms with Crippen molar-refractivity contribution in [1.29, 1.82) is 0 Å². The second kappa shape index (κ2) is 9.31.